The number of amides is 1. The molecule has 1 amide bonds. The number of ether oxygens (including phenoxy) is 1. The van der Waals surface area contributed by atoms with Gasteiger partial charge in [-0.05, 0) is 17.7 Å². The second-order valence-electron chi connectivity index (χ2n) is 4.36. The first-order valence-electron chi connectivity index (χ1n) is 6.23. The van der Waals surface area contributed by atoms with Crippen molar-refractivity contribution in [3.8, 4) is 0 Å². The molecule has 0 aliphatic carbocycles. The summed E-state index contributed by atoms with van der Waals surface area (Å²) in [4.78, 5) is 11.5. The first-order chi connectivity index (χ1) is 9.25. The fourth-order valence-electron chi connectivity index (χ4n) is 1.68. The number of carbonyl (C=O) groups is 1. The van der Waals surface area contributed by atoms with Crippen LogP contribution in [0.2, 0.25) is 0 Å². The fourth-order valence-corrected chi connectivity index (χ4v) is 1.68. The molecular formula is C15H17NO3. The molecular weight excluding hydrogens is 242 g/mol. The van der Waals surface area contributed by atoms with E-state index in [2.05, 4.69) is 5.32 Å². The van der Waals surface area contributed by atoms with Crippen molar-refractivity contribution in [1.82, 2.24) is 5.32 Å². The highest BCUT2D eigenvalue weighted by Crippen LogP contribution is 2.14. The maximum atomic E-state index is 11.5. The number of benzene rings is 1. The monoisotopic (exact) mass is 259 g/mol. The summed E-state index contributed by atoms with van der Waals surface area (Å²) in [7, 11) is 0. The molecule has 0 aliphatic rings. The van der Waals surface area contributed by atoms with Crippen LogP contribution in [0.5, 0.6) is 0 Å². The van der Waals surface area contributed by atoms with Gasteiger partial charge in [-0.2, -0.15) is 0 Å². The first-order valence-corrected chi connectivity index (χ1v) is 6.23. The van der Waals surface area contributed by atoms with Gasteiger partial charge in [0.25, 0.3) is 0 Å². The van der Waals surface area contributed by atoms with E-state index in [0.29, 0.717) is 6.54 Å². The van der Waals surface area contributed by atoms with Crippen LogP contribution in [0, 0.1) is 0 Å². The Balaban J connectivity index is 1.70. The Morgan fingerprint density at radius 2 is 2.05 bits per heavy atom. The van der Waals surface area contributed by atoms with Crippen molar-refractivity contribution in [3.63, 3.8) is 0 Å². The van der Waals surface area contributed by atoms with Crippen molar-refractivity contribution in [2.24, 2.45) is 0 Å². The Kier molecular flexibility index (Phi) is 4.61. The highest BCUT2D eigenvalue weighted by molar-refractivity contribution is 5.67. The van der Waals surface area contributed by atoms with Gasteiger partial charge in [0.1, 0.15) is 12.4 Å². The molecule has 1 atom stereocenters. The number of rotatable bonds is 5. The third-order valence-corrected chi connectivity index (χ3v) is 2.79. The van der Waals surface area contributed by atoms with Crippen LogP contribution in [0.15, 0.2) is 53.1 Å². The third kappa shape index (κ3) is 4.17. The maximum Gasteiger partial charge on any atom is 0.407 e. The van der Waals surface area contributed by atoms with E-state index in [9.17, 15) is 4.79 Å². The maximum absolute atomic E-state index is 11.5. The summed E-state index contributed by atoms with van der Waals surface area (Å²) in [5.41, 5.74) is 0.969. The fraction of sp³-hybridized carbons (Fsp3) is 0.267. The topological polar surface area (TPSA) is 51.5 Å². The SMILES string of the molecule is CC(CNC(=O)OCc1ccccc1)c1ccco1. The van der Waals surface area contributed by atoms with Crippen LogP contribution in [0.4, 0.5) is 4.79 Å². The molecule has 4 nitrogen and oxygen atoms in total. The van der Waals surface area contributed by atoms with Crippen molar-refractivity contribution in [1.29, 1.82) is 0 Å². The number of carbonyl (C=O) groups excluding carboxylic acids is 1. The zero-order valence-corrected chi connectivity index (χ0v) is 10.8. The molecule has 100 valence electrons. The lowest BCUT2D eigenvalue weighted by Gasteiger charge is -2.10. The summed E-state index contributed by atoms with van der Waals surface area (Å²) in [6.07, 6.45) is 1.21. The van der Waals surface area contributed by atoms with Crippen molar-refractivity contribution >= 4 is 6.09 Å². The Labute approximate surface area is 112 Å². The molecule has 2 aromatic rings. The molecule has 0 saturated carbocycles. The number of alkyl carbamates (subject to hydrolysis) is 1. The van der Waals surface area contributed by atoms with Gasteiger partial charge in [0.15, 0.2) is 0 Å². The van der Waals surface area contributed by atoms with E-state index in [4.69, 9.17) is 9.15 Å². The van der Waals surface area contributed by atoms with E-state index >= 15 is 0 Å². The second kappa shape index (κ2) is 6.64. The molecule has 0 fully saturated rings. The lowest BCUT2D eigenvalue weighted by molar-refractivity contribution is 0.139. The quantitative estimate of drug-likeness (QED) is 0.896. The molecule has 0 spiro atoms. The van der Waals surface area contributed by atoms with Gasteiger partial charge in [0.05, 0.1) is 6.26 Å². The predicted molar refractivity (Wildman–Crippen MR) is 71.8 cm³/mol. The summed E-state index contributed by atoms with van der Waals surface area (Å²) in [6.45, 7) is 2.75. The van der Waals surface area contributed by atoms with E-state index in [-0.39, 0.29) is 12.5 Å². The van der Waals surface area contributed by atoms with Crippen molar-refractivity contribution in [2.45, 2.75) is 19.4 Å². The Hall–Kier alpha value is -2.23. The Morgan fingerprint density at radius 3 is 2.74 bits per heavy atom. The van der Waals surface area contributed by atoms with Crippen LogP contribution in [-0.4, -0.2) is 12.6 Å². The highest BCUT2D eigenvalue weighted by Gasteiger charge is 2.10. The van der Waals surface area contributed by atoms with Crippen molar-refractivity contribution in [2.75, 3.05) is 6.54 Å². The zero-order valence-electron chi connectivity index (χ0n) is 10.8. The molecule has 0 bridgehead atoms. The van der Waals surface area contributed by atoms with Gasteiger partial charge in [-0.25, -0.2) is 4.79 Å². The lowest BCUT2D eigenvalue weighted by atomic mass is 10.1. The molecule has 19 heavy (non-hydrogen) atoms. The number of hydrogen-bond acceptors (Lipinski definition) is 3. The van der Waals surface area contributed by atoms with Gasteiger partial charge < -0.3 is 14.5 Å². The highest BCUT2D eigenvalue weighted by atomic mass is 16.5. The van der Waals surface area contributed by atoms with E-state index in [0.717, 1.165) is 11.3 Å². The van der Waals surface area contributed by atoms with E-state index in [1.165, 1.54) is 0 Å². The van der Waals surface area contributed by atoms with Gasteiger partial charge in [0, 0.05) is 12.5 Å². The van der Waals surface area contributed by atoms with Crippen LogP contribution in [0.3, 0.4) is 0 Å². The molecule has 0 saturated heterocycles. The molecule has 0 radical (unpaired) electrons. The average molecular weight is 259 g/mol. The van der Waals surface area contributed by atoms with Crippen LogP contribution in [0.1, 0.15) is 24.2 Å². The van der Waals surface area contributed by atoms with E-state index in [1.54, 1.807) is 6.26 Å². The van der Waals surface area contributed by atoms with E-state index < -0.39 is 6.09 Å². The standard InChI is InChI=1S/C15H17NO3/c1-12(14-8-5-9-18-14)10-16-15(17)19-11-13-6-3-2-4-7-13/h2-9,12H,10-11H2,1H3,(H,16,17). The molecule has 1 N–H and O–H groups in total. The molecule has 1 heterocycles. The molecule has 4 heteroatoms. The predicted octanol–water partition coefficient (Wildman–Crippen LogP) is 3.31. The minimum atomic E-state index is -0.415. The first kappa shape index (κ1) is 13.2. The molecule has 0 aliphatic heterocycles. The third-order valence-electron chi connectivity index (χ3n) is 2.79. The minimum Gasteiger partial charge on any atom is -0.469 e. The average Bonchev–Trinajstić information content (AvgIpc) is 2.98. The van der Waals surface area contributed by atoms with Crippen molar-refractivity contribution < 1.29 is 13.9 Å². The summed E-state index contributed by atoms with van der Waals surface area (Å²) in [5.74, 6) is 0.975. The summed E-state index contributed by atoms with van der Waals surface area (Å²) in [5, 5.41) is 2.72. The summed E-state index contributed by atoms with van der Waals surface area (Å²) < 4.78 is 10.4. The van der Waals surface area contributed by atoms with Crippen LogP contribution in [-0.2, 0) is 11.3 Å². The minimum absolute atomic E-state index is 0.124. The van der Waals surface area contributed by atoms with E-state index in [1.807, 2.05) is 49.4 Å². The molecule has 1 aromatic heterocycles. The van der Waals surface area contributed by atoms with Crippen molar-refractivity contribution in [3.05, 3.63) is 60.1 Å². The van der Waals surface area contributed by atoms with Gasteiger partial charge in [-0.15, -0.1) is 0 Å². The lowest BCUT2D eigenvalue weighted by Crippen LogP contribution is -2.27. The van der Waals surface area contributed by atoms with Gasteiger partial charge in [0.2, 0.25) is 0 Å². The zero-order chi connectivity index (χ0) is 13.5. The molecule has 1 aromatic carbocycles. The number of hydrogen-bond donors (Lipinski definition) is 1. The van der Waals surface area contributed by atoms with Crippen LogP contribution in [0.25, 0.3) is 0 Å². The smallest absolute Gasteiger partial charge is 0.407 e. The van der Waals surface area contributed by atoms with Gasteiger partial charge in [-0.3, -0.25) is 0 Å². The van der Waals surface area contributed by atoms with Crippen LogP contribution < -0.4 is 5.32 Å². The largest absolute Gasteiger partial charge is 0.469 e. The molecule has 2 rings (SSSR count). The molecule has 1 unspecified atom stereocenters. The number of nitrogens with one attached hydrogen (secondary N) is 1. The van der Waals surface area contributed by atoms with Gasteiger partial charge in [-0.1, -0.05) is 37.3 Å². The Morgan fingerprint density at radius 1 is 1.26 bits per heavy atom. The second-order valence-corrected chi connectivity index (χ2v) is 4.36. The normalized spacial score (nSPS) is 11.8. The summed E-state index contributed by atoms with van der Waals surface area (Å²) >= 11 is 0. The van der Waals surface area contributed by atoms with Gasteiger partial charge >= 0.3 is 6.09 Å². The Bertz CT molecular complexity index is 493. The van der Waals surface area contributed by atoms with Crippen LogP contribution >= 0.6 is 0 Å². The summed E-state index contributed by atoms with van der Waals surface area (Å²) in [6, 6.07) is 13.3. The number of furan rings is 1.